The van der Waals surface area contributed by atoms with Gasteiger partial charge in [-0.3, -0.25) is 0 Å². The SMILES string of the molecule is C[C@@H](NCCCc1cccc(C(F)(F)F)c1)c1cccc2c1CCCC2.Cl. The molecule has 0 radical (unpaired) electrons. The first-order valence-corrected chi connectivity index (χ1v) is 9.45. The lowest BCUT2D eigenvalue weighted by Gasteiger charge is -2.23. The molecule has 3 rings (SSSR count). The molecule has 1 aliphatic carbocycles. The normalized spacial score (nSPS) is 15.0. The minimum absolute atomic E-state index is 0. The first kappa shape index (κ1) is 21.8. The number of fused-ring (bicyclic) bond motifs is 1. The van der Waals surface area contributed by atoms with Crippen LogP contribution >= 0.6 is 12.4 Å². The molecule has 0 unspecified atom stereocenters. The Balaban J connectivity index is 0.00000261. The summed E-state index contributed by atoms with van der Waals surface area (Å²) in [7, 11) is 0. The molecule has 5 heteroatoms. The Morgan fingerprint density at radius 2 is 1.78 bits per heavy atom. The van der Waals surface area contributed by atoms with Crippen LogP contribution in [-0.4, -0.2) is 6.54 Å². The molecule has 0 fully saturated rings. The maximum Gasteiger partial charge on any atom is 0.416 e. The lowest BCUT2D eigenvalue weighted by atomic mass is 9.86. The summed E-state index contributed by atoms with van der Waals surface area (Å²) in [5.41, 5.74) is 4.53. The Labute approximate surface area is 165 Å². The fourth-order valence-electron chi connectivity index (χ4n) is 3.84. The zero-order valence-electron chi connectivity index (χ0n) is 15.6. The van der Waals surface area contributed by atoms with E-state index in [1.165, 1.54) is 48.1 Å². The molecular formula is C22H27ClF3N. The molecule has 0 heterocycles. The number of alkyl halides is 3. The molecule has 1 N–H and O–H groups in total. The molecule has 148 valence electrons. The van der Waals surface area contributed by atoms with Crippen LogP contribution in [0.4, 0.5) is 13.2 Å². The second-order valence-corrected chi connectivity index (χ2v) is 7.17. The third-order valence-corrected chi connectivity index (χ3v) is 5.25. The van der Waals surface area contributed by atoms with Crippen molar-refractivity contribution in [3.05, 3.63) is 70.3 Å². The van der Waals surface area contributed by atoms with E-state index in [0.29, 0.717) is 6.42 Å². The van der Waals surface area contributed by atoms with E-state index >= 15 is 0 Å². The van der Waals surface area contributed by atoms with Crippen molar-refractivity contribution in [2.75, 3.05) is 6.54 Å². The smallest absolute Gasteiger partial charge is 0.310 e. The molecule has 27 heavy (non-hydrogen) atoms. The number of hydrogen-bond acceptors (Lipinski definition) is 1. The molecule has 0 aromatic heterocycles. The molecular weight excluding hydrogens is 371 g/mol. The van der Waals surface area contributed by atoms with E-state index < -0.39 is 11.7 Å². The number of aryl methyl sites for hydroxylation is 2. The van der Waals surface area contributed by atoms with Gasteiger partial charge in [-0.15, -0.1) is 12.4 Å². The van der Waals surface area contributed by atoms with Crippen LogP contribution in [0.3, 0.4) is 0 Å². The van der Waals surface area contributed by atoms with Gasteiger partial charge in [-0.1, -0.05) is 36.4 Å². The number of halogens is 4. The average molecular weight is 398 g/mol. The monoisotopic (exact) mass is 397 g/mol. The van der Waals surface area contributed by atoms with E-state index in [0.717, 1.165) is 31.0 Å². The number of rotatable bonds is 6. The summed E-state index contributed by atoms with van der Waals surface area (Å²) >= 11 is 0. The van der Waals surface area contributed by atoms with Crippen LogP contribution in [0, 0.1) is 0 Å². The first-order chi connectivity index (χ1) is 12.4. The van der Waals surface area contributed by atoms with Gasteiger partial charge in [0.1, 0.15) is 0 Å². The highest BCUT2D eigenvalue weighted by Crippen LogP contribution is 2.30. The molecule has 0 amide bonds. The lowest BCUT2D eigenvalue weighted by molar-refractivity contribution is -0.137. The summed E-state index contributed by atoms with van der Waals surface area (Å²) in [5, 5.41) is 3.54. The number of benzene rings is 2. The van der Waals surface area contributed by atoms with E-state index in [4.69, 9.17) is 0 Å². The van der Waals surface area contributed by atoms with Gasteiger partial charge in [0.2, 0.25) is 0 Å². The van der Waals surface area contributed by atoms with Crippen LogP contribution < -0.4 is 5.32 Å². The van der Waals surface area contributed by atoms with Crippen LogP contribution in [0.2, 0.25) is 0 Å². The third-order valence-electron chi connectivity index (χ3n) is 5.25. The van der Waals surface area contributed by atoms with Gasteiger partial charge in [0, 0.05) is 6.04 Å². The highest BCUT2D eigenvalue weighted by molar-refractivity contribution is 5.85. The van der Waals surface area contributed by atoms with Crippen molar-refractivity contribution in [1.29, 1.82) is 0 Å². The van der Waals surface area contributed by atoms with Crippen molar-refractivity contribution >= 4 is 12.4 Å². The van der Waals surface area contributed by atoms with Gasteiger partial charge in [0.15, 0.2) is 0 Å². The summed E-state index contributed by atoms with van der Waals surface area (Å²) < 4.78 is 38.3. The third kappa shape index (κ3) is 5.73. The van der Waals surface area contributed by atoms with Gasteiger partial charge >= 0.3 is 6.18 Å². The van der Waals surface area contributed by atoms with E-state index in [-0.39, 0.29) is 18.4 Å². The van der Waals surface area contributed by atoms with Gasteiger partial charge in [0.05, 0.1) is 5.56 Å². The van der Waals surface area contributed by atoms with Crippen molar-refractivity contribution in [2.45, 2.75) is 57.7 Å². The Morgan fingerprint density at radius 1 is 1.04 bits per heavy atom. The quantitative estimate of drug-likeness (QED) is 0.565. The standard InChI is InChI=1S/C22H26F3N.ClH/c1-16(20-13-5-10-18-9-2-3-12-21(18)20)26-14-6-8-17-7-4-11-19(15-17)22(23,24)25;/h4-5,7,10-11,13,15-16,26H,2-3,6,8-9,12,14H2,1H3;1H/t16-;/m1./s1. The summed E-state index contributed by atoms with van der Waals surface area (Å²) in [6.45, 7) is 2.97. The zero-order valence-corrected chi connectivity index (χ0v) is 16.4. The molecule has 0 spiro atoms. The van der Waals surface area contributed by atoms with Gasteiger partial charge in [-0.05, 0) is 80.3 Å². The van der Waals surface area contributed by atoms with E-state index in [9.17, 15) is 13.2 Å². The van der Waals surface area contributed by atoms with E-state index in [1.54, 1.807) is 6.07 Å². The maximum absolute atomic E-state index is 12.8. The molecule has 0 aliphatic heterocycles. The van der Waals surface area contributed by atoms with Gasteiger partial charge in [-0.2, -0.15) is 13.2 Å². The molecule has 0 saturated carbocycles. The number of nitrogens with one attached hydrogen (secondary N) is 1. The fraction of sp³-hybridized carbons (Fsp3) is 0.455. The molecule has 2 aromatic carbocycles. The summed E-state index contributed by atoms with van der Waals surface area (Å²) in [5.74, 6) is 0. The Bertz CT molecular complexity index is 743. The van der Waals surface area contributed by atoms with Crippen LogP contribution in [0.25, 0.3) is 0 Å². The minimum Gasteiger partial charge on any atom is -0.310 e. The minimum atomic E-state index is -4.27. The molecule has 1 atom stereocenters. The van der Waals surface area contributed by atoms with Crippen LogP contribution in [-0.2, 0) is 25.4 Å². The maximum atomic E-state index is 12.8. The molecule has 1 aliphatic rings. The molecule has 0 saturated heterocycles. The lowest BCUT2D eigenvalue weighted by Crippen LogP contribution is -2.22. The summed E-state index contributed by atoms with van der Waals surface area (Å²) in [6, 6.07) is 12.5. The van der Waals surface area contributed by atoms with Crippen LogP contribution in [0.5, 0.6) is 0 Å². The molecule has 1 nitrogen and oxygen atoms in total. The van der Waals surface area contributed by atoms with Crippen molar-refractivity contribution < 1.29 is 13.2 Å². The first-order valence-electron chi connectivity index (χ1n) is 9.45. The van der Waals surface area contributed by atoms with Crippen molar-refractivity contribution in [3.63, 3.8) is 0 Å². The summed E-state index contributed by atoms with van der Waals surface area (Å²) in [6.07, 6.45) is 2.06. The topological polar surface area (TPSA) is 12.0 Å². The van der Waals surface area contributed by atoms with E-state index in [1.807, 2.05) is 0 Å². The fourth-order valence-corrected chi connectivity index (χ4v) is 3.84. The largest absolute Gasteiger partial charge is 0.416 e. The van der Waals surface area contributed by atoms with Crippen molar-refractivity contribution in [1.82, 2.24) is 5.32 Å². The van der Waals surface area contributed by atoms with Crippen LogP contribution in [0.15, 0.2) is 42.5 Å². The van der Waals surface area contributed by atoms with Gasteiger partial charge in [0.25, 0.3) is 0 Å². The van der Waals surface area contributed by atoms with E-state index in [2.05, 4.69) is 30.4 Å². The van der Waals surface area contributed by atoms with Crippen LogP contribution in [0.1, 0.15) is 60.0 Å². The Hall–Kier alpha value is -1.52. The average Bonchev–Trinajstić information content (AvgIpc) is 2.64. The highest BCUT2D eigenvalue weighted by Gasteiger charge is 2.30. The second-order valence-electron chi connectivity index (χ2n) is 7.17. The summed E-state index contributed by atoms with van der Waals surface area (Å²) in [4.78, 5) is 0. The molecule has 2 aromatic rings. The highest BCUT2D eigenvalue weighted by atomic mass is 35.5. The predicted molar refractivity (Wildman–Crippen MR) is 107 cm³/mol. The van der Waals surface area contributed by atoms with Crippen molar-refractivity contribution in [3.8, 4) is 0 Å². The second kappa shape index (κ2) is 9.61. The van der Waals surface area contributed by atoms with Gasteiger partial charge in [-0.25, -0.2) is 0 Å². The zero-order chi connectivity index (χ0) is 18.6. The van der Waals surface area contributed by atoms with Crippen molar-refractivity contribution in [2.24, 2.45) is 0 Å². The Kier molecular flexibility index (Phi) is 7.75. The predicted octanol–water partition coefficient (Wildman–Crippen LogP) is 6.29. The van der Waals surface area contributed by atoms with Gasteiger partial charge < -0.3 is 5.32 Å². The number of hydrogen-bond donors (Lipinski definition) is 1. The molecule has 0 bridgehead atoms. The Morgan fingerprint density at radius 3 is 2.56 bits per heavy atom.